The highest BCUT2D eigenvalue weighted by Crippen LogP contribution is 2.36. The lowest BCUT2D eigenvalue weighted by Gasteiger charge is -2.36. The van der Waals surface area contributed by atoms with Crippen LogP contribution in [-0.2, 0) is 14.3 Å². The molecule has 1 aliphatic carbocycles. The van der Waals surface area contributed by atoms with Gasteiger partial charge in [0.1, 0.15) is 18.0 Å². The second-order valence-corrected chi connectivity index (χ2v) is 6.73. The first-order chi connectivity index (χ1) is 11.5. The predicted octanol–water partition coefficient (Wildman–Crippen LogP) is 3.90. The van der Waals surface area contributed by atoms with Crippen molar-refractivity contribution in [3.05, 3.63) is 23.2 Å². The first kappa shape index (κ1) is 19.0. The van der Waals surface area contributed by atoms with Crippen LogP contribution in [-0.4, -0.2) is 38.9 Å². The van der Waals surface area contributed by atoms with Crippen molar-refractivity contribution < 1.29 is 19.0 Å². The lowest BCUT2D eigenvalue weighted by molar-refractivity contribution is -0.142. The van der Waals surface area contributed by atoms with Crippen molar-refractivity contribution in [1.29, 1.82) is 0 Å². The summed E-state index contributed by atoms with van der Waals surface area (Å²) < 4.78 is 16.0. The number of carbonyl (C=O) groups is 1. The zero-order valence-electron chi connectivity index (χ0n) is 14.6. The number of nitrogens with one attached hydrogen (secondary N) is 1. The average Bonchev–Trinajstić information content (AvgIpc) is 2.58. The Balaban J connectivity index is 2.01. The maximum atomic E-state index is 12.7. The molecule has 6 heteroatoms. The maximum Gasteiger partial charge on any atom is 0.256 e. The molecular weight excluding hydrogens is 330 g/mol. The number of hydrogen-bond donors (Lipinski definition) is 1. The van der Waals surface area contributed by atoms with E-state index in [0.29, 0.717) is 35.6 Å². The van der Waals surface area contributed by atoms with Crippen molar-refractivity contribution in [1.82, 2.24) is 0 Å². The number of methoxy groups -OCH3 is 2. The van der Waals surface area contributed by atoms with E-state index in [0.717, 1.165) is 25.7 Å². The zero-order chi connectivity index (χ0) is 17.6. The van der Waals surface area contributed by atoms with E-state index in [2.05, 4.69) is 12.2 Å². The number of halogens is 1. The molecule has 1 saturated carbocycles. The van der Waals surface area contributed by atoms with Gasteiger partial charge in [0.2, 0.25) is 0 Å². The van der Waals surface area contributed by atoms with Crippen LogP contribution in [0.3, 0.4) is 0 Å². The zero-order valence-corrected chi connectivity index (χ0v) is 15.3. The summed E-state index contributed by atoms with van der Waals surface area (Å²) >= 11 is 6.22. The summed E-state index contributed by atoms with van der Waals surface area (Å²) in [6.45, 7) is 3.12. The van der Waals surface area contributed by atoms with Crippen LogP contribution in [0.4, 0.5) is 5.69 Å². The molecule has 2 rings (SSSR count). The molecule has 1 aromatic rings. The molecule has 24 heavy (non-hydrogen) atoms. The smallest absolute Gasteiger partial charge is 0.256 e. The molecule has 0 heterocycles. The Morgan fingerprint density at radius 2 is 2.00 bits per heavy atom. The third-order valence-electron chi connectivity index (χ3n) is 4.62. The number of anilines is 1. The Labute approximate surface area is 148 Å². The van der Waals surface area contributed by atoms with Crippen LogP contribution < -0.4 is 10.1 Å². The minimum Gasteiger partial charge on any atom is -0.490 e. The fraction of sp³-hybridized carbons (Fsp3) is 0.611. The van der Waals surface area contributed by atoms with Gasteiger partial charge in [-0.15, -0.1) is 0 Å². The van der Waals surface area contributed by atoms with Crippen LogP contribution in [0.25, 0.3) is 0 Å². The Kier molecular flexibility index (Phi) is 6.90. The van der Waals surface area contributed by atoms with E-state index in [1.807, 2.05) is 0 Å². The third-order valence-corrected chi connectivity index (χ3v) is 4.92. The monoisotopic (exact) mass is 355 g/mol. The summed E-state index contributed by atoms with van der Waals surface area (Å²) in [5, 5.41) is 3.38. The van der Waals surface area contributed by atoms with E-state index >= 15 is 0 Å². The van der Waals surface area contributed by atoms with Crippen LogP contribution in [0, 0.1) is 5.92 Å². The predicted molar refractivity (Wildman–Crippen MR) is 94.8 cm³/mol. The van der Waals surface area contributed by atoms with Crippen LogP contribution in [0.1, 0.15) is 32.6 Å². The van der Waals surface area contributed by atoms with Gasteiger partial charge in [0.05, 0.1) is 11.6 Å². The van der Waals surface area contributed by atoms with Crippen LogP contribution in [0.2, 0.25) is 5.02 Å². The van der Waals surface area contributed by atoms with Crippen molar-refractivity contribution in [3.63, 3.8) is 0 Å². The van der Waals surface area contributed by atoms with Gasteiger partial charge in [-0.25, -0.2) is 0 Å². The Morgan fingerprint density at radius 3 is 2.58 bits per heavy atom. The number of hydrogen-bond acceptors (Lipinski definition) is 4. The molecule has 0 saturated heterocycles. The summed E-state index contributed by atoms with van der Waals surface area (Å²) in [6, 6.07) is 5.22. The average molecular weight is 356 g/mol. The summed E-state index contributed by atoms with van der Waals surface area (Å²) in [6.07, 6.45) is 3.47. The van der Waals surface area contributed by atoms with Gasteiger partial charge in [0, 0.05) is 19.9 Å². The lowest BCUT2D eigenvalue weighted by Crippen LogP contribution is -2.47. The van der Waals surface area contributed by atoms with Gasteiger partial charge in [-0.05, 0) is 49.8 Å². The topological polar surface area (TPSA) is 56.8 Å². The lowest BCUT2D eigenvalue weighted by atomic mass is 9.79. The highest BCUT2D eigenvalue weighted by Gasteiger charge is 2.41. The summed E-state index contributed by atoms with van der Waals surface area (Å²) in [5.74, 6) is 1.10. The minimum absolute atomic E-state index is 0.110. The molecule has 1 amide bonds. The minimum atomic E-state index is -0.743. The molecule has 0 bridgehead atoms. The van der Waals surface area contributed by atoms with E-state index in [9.17, 15) is 4.79 Å². The van der Waals surface area contributed by atoms with Gasteiger partial charge in [-0.2, -0.15) is 0 Å². The third kappa shape index (κ3) is 4.62. The van der Waals surface area contributed by atoms with Gasteiger partial charge in [-0.1, -0.05) is 18.5 Å². The number of amides is 1. The quantitative estimate of drug-likeness (QED) is 0.754. The molecule has 1 aliphatic rings. The maximum absolute atomic E-state index is 12.7. The molecule has 1 aromatic carbocycles. The van der Waals surface area contributed by atoms with Crippen LogP contribution in [0.15, 0.2) is 18.2 Å². The first-order valence-electron chi connectivity index (χ1n) is 8.28. The van der Waals surface area contributed by atoms with Gasteiger partial charge in [-0.3, -0.25) is 4.79 Å². The van der Waals surface area contributed by atoms with Crippen molar-refractivity contribution in [2.75, 3.05) is 32.8 Å². The Bertz CT molecular complexity index is 556. The fourth-order valence-corrected chi connectivity index (χ4v) is 3.16. The number of ether oxygens (including phenoxy) is 3. The van der Waals surface area contributed by atoms with Crippen molar-refractivity contribution in [2.24, 2.45) is 5.92 Å². The van der Waals surface area contributed by atoms with E-state index in [-0.39, 0.29) is 5.91 Å². The largest absolute Gasteiger partial charge is 0.490 e. The van der Waals surface area contributed by atoms with Gasteiger partial charge in [0.25, 0.3) is 5.91 Å². The van der Waals surface area contributed by atoms with Crippen molar-refractivity contribution in [3.8, 4) is 5.75 Å². The number of benzene rings is 1. The number of rotatable bonds is 7. The molecule has 0 spiro atoms. The second-order valence-electron chi connectivity index (χ2n) is 6.32. The standard InChI is InChI=1S/C18H26ClNO4/c1-13-6-8-18(23-3,9-7-13)17(21)20-14-4-5-16(15(19)12-14)24-11-10-22-2/h4-5,12-13H,6-11H2,1-3H3,(H,20,21). The van der Waals surface area contributed by atoms with Gasteiger partial charge < -0.3 is 19.5 Å². The van der Waals surface area contributed by atoms with Crippen molar-refractivity contribution in [2.45, 2.75) is 38.2 Å². The van der Waals surface area contributed by atoms with E-state index in [1.165, 1.54) is 0 Å². The van der Waals surface area contributed by atoms with Gasteiger partial charge >= 0.3 is 0 Å². The van der Waals surface area contributed by atoms with E-state index in [4.69, 9.17) is 25.8 Å². The van der Waals surface area contributed by atoms with Crippen molar-refractivity contribution >= 4 is 23.2 Å². The normalized spacial score (nSPS) is 23.8. The van der Waals surface area contributed by atoms with E-state index in [1.54, 1.807) is 32.4 Å². The van der Waals surface area contributed by atoms with E-state index < -0.39 is 5.60 Å². The molecule has 1 N–H and O–H groups in total. The highest BCUT2D eigenvalue weighted by atomic mass is 35.5. The second kappa shape index (κ2) is 8.70. The van der Waals surface area contributed by atoms with Crippen LogP contribution >= 0.6 is 11.6 Å². The fourth-order valence-electron chi connectivity index (χ4n) is 2.93. The SMILES string of the molecule is COCCOc1ccc(NC(=O)C2(OC)CCC(C)CC2)cc1Cl. The van der Waals surface area contributed by atoms with Gasteiger partial charge in [0.15, 0.2) is 0 Å². The molecule has 1 fully saturated rings. The summed E-state index contributed by atoms with van der Waals surface area (Å²) in [4.78, 5) is 12.7. The molecule has 0 radical (unpaired) electrons. The molecular formula is C18H26ClNO4. The summed E-state index contributed by atoms with van der Waals surface area (Å²) in [7, 11) is 3.22. The molecule has 5 nitrogen and oxygen atoms in total. The highest BCUT2D eigenvalue weighted by molar-refractivity contribution is 6.32. The molecule has 0 unspecified atom stereocenters. The summed E-state index contributed by atoms with van der Waals surface area (Å²) in [5.41, 5.74) is -0.105. The van der Waals surface area contributed by atoms with Crippen LogP contribution in [0.5, 0.6) is 5.75 Å². The Hall–Kier alpha value is -1.30. The first-order valence-corrected chi connectivity index (χ1v) is 8.66. The molecule has 0 aliphatic heterocycles. The molecule has 0 atom stereocenters. The Morgan fingerprint density at radius 1 is 1.29 bits per heavy atom. The molecule has 0 aromatic heterocycles. The number of carbonyl (C=O) groups excluding carboxylic acids is 1. The molecule has 134 valence electrons.